The molecule has 0 amide bonds. The van der Waals surface area contributed by atoms with Crippen molar-refractivity contribution in [3.8, 4) is 0 Å². The second-order valence-electron chi connectivity index (χ2n) is 5.20. The maximum absolute atomic E-state index is 11.3. The summed E-state index contributed by atoms with van der Waals surface area (Å²) in [6, 6.07) is 11.0. The lowest BCUT2D eigenvalue weighted by atomic mass is 10.1. The number of aromatic nitrogens is 2. The van der Waals surface area contributed by atoms with Gasteiger partial charge in [0.25, 0.3) is 0 Å². The average Bonchev–Trinajstić information content (AvgIpc) is 2.52. The summed E-state index contributed by atoms with van der Waals surface area (Å²) in [5, 5.41) is 12.2. The molecule has 0 aliphatic carbocycles. The lowest BCUT2D eigenvalue weighted by Gasteiger charge is -2.15. The Bertz CT molecular complexity index is 602. The summed E-state index contributed by atoms with van der Waals surface area (Å²) >= 11 is 0. The van der Waals surface area contributed by atoms with Gasteiger partial charge in [-0.1, -0.05) is 50.1 Å². The number of rotatable bonds is 8. The molecule has 22 heavy (non-hydrogen) atoms. The number of carboxylic acids is 1. The third-order valence-corrected chi connectivity index (χ3v) is 3.38. The Balaban J connectivity index is 2.05. The molecule has 1 aromatic heterocycles. The number of benzene rings is 1. The summed E-state index contributed by atoms with van der Waals surface area (Å²) in [7, 11) is 0. The topological polar surface area (TPSA) is 75.1 Å². The van der Waals surface area contributed by atoms with E-state index in [2.05, 4.69) is 15.3 Å². The number of nitrogens with zero attached hydrogens (tertiary/aromatic N) is 2. The third kappa shape index (κ3) is 4.84. The zero-order valence-corrected chi connectivity index (χ0v) is 12.7. The molecular weight excluding hydrogens is 278 g/mol. The maximum Gasteiger partial charge on any atom is 0.326 e. The molecule has 0 spiro atoms. The number of hydrogen-bond donors (Lipinski definition) is 2. The van der Waals surface area contributed by atoms with Crippen LogP contribution in [-0.2, 0) is 11.2 Å². The Morgan fingerprint density at radius 3 is 2.73 bits per heavy atom. The molecule has 2 N–H and O–H groups in total. The van der Waals surface area contributed by atoms with Crippen LogP contribution in [0.25, 0.3) is 0 Å². The second-order valence-corrected chi connectivity index (χ2v) is 5.20. The van der Waals surface area contributed by atoms with Gasteiger partial charge in [0, 0.05) is 12.6 Å². The van der Waals surface area contributed by atoms with E-state index in [4.69, 9.17) is 0 Å². The van der Waals surface area contributed by atoms with Crippen LogP contribution in [0.2, 0.25) is 0 Å². The van der Waals surface area contributed by atoms with Crippen molar-refractivity contribution in [3.05, 3.63) is 54.0 Å². The zero-order valence-electron chi connectivity index (χ0n) is 12.7. The molecule has 0 bridgehead atoms. The Morgan fingerprint density at radius 1 is 1.27 bits per heavy atom. The lowest BCUT2D eigenvalue weighted by Crippen LogP contribution is -2.29. The minimum absolute atomic E-state index is 0.560. The van der Waals surface area contributed by atoms with Crippen LogP contribution in [0.3, 0.4) is 0 Å². The molecule has 1 heterocycles. The molecule has 116 valence electrons. The predicted molar refractivity (Wildman–Crippen MR) is 85.9 cm³/mol. The Kier molecular flexibility index (Phi) is 5.89. The highest BCUT2D eigenvalue weighted by Gasteiger charge is 2.17. The van der Waals surface area contributed by atoms with E-state index in [1.165, 1.54) is 0 Å². The van der Waals surface area contributed by atoms with E-state index >= 15 is 0 Å². The van der Waals surface area contributed by atoms with Crippen LogP contribution in [0.5, 0.6) is 0 Å². The van der Waals surface area contributed by atoms with E-state index < -0.39 is 12.0 Å². The number of aliphatic carboxylic acids is 1. The third-order valence-electron chi connectivity index (χ3n) is 3.38. The molecule has 0 fully saturated rings. The molecule has 0 radical (unpaired) electrons. The minimum atomic E-state index is -0.850. The fraction of sp³-hybridized carbons (Fsp3) is 0.353. The first-order chi connectivity index (χ1) is 10.7. The van der Waals surface area contributed by atoms with Crippen LogP contribution in [-0.4, -0.2) is 27.1 Å². The van der Waals surface area contributed by atoms with E-state index in [0.717, 1.165) is 18.4 Å². The monoisotopic (exact) mass is 299 g/mol. The van der Waals surface area contributed by atoms with Gasteiger partial charge in [-0.15, -0.1) is 0 Å². The van der Waals surface area contributed by atoms with Gasteiger partial charge in [0.15, 0.2) is 0 Å². The first-order valence-electron chi connectivity index (χ1n) is 7.54. The number of nitrogens with one attached hydrogen (secondary N) is 1. The van der Waals surface area contributed by atoms with Gasteiger partial charge in [-0.2, -0.15) is 0 Å². The maximum atomic E-state index is 11.3. The van der Waals surface area contributed by atoms with E-state index in [0.29, 0.717) is 24.5 Å². The first kappa shape index (κ1) is 15.9. The lowest BCUT2D eigenvalue weighted by molar-refractivity contribution is -0.138. The highest BCUT2D eigenvalue weighted by atomic mass is 16.4. The van der Waals surface area contributed by atoms with Crippen LogP contribution in [0.15, 0.2) is 42.6 Å². The van der Waals surface area contributed by atoms with Crippen LogP contribution >= 0.6 is 0 Å². The number of anilines is 1. The molecule has 1 unspecified atom stereocenters. The largest absolute Gasteiger partial charge is 0.480 e. The molecule has 2 rings (SSSR count). The van der Waals surface area contributed by atoms with Gasteiger partial charge >= 0.3 is 5.97 Å². The molecule has 2 aromatic rings. The van der Waals surface area contributed by atoms with Crippen molar-refractivity contribution in [1.29, 1.82) is 0 Å². The summed E-state index contributed by atoms with van der Waals surface area (Å²) in [6.07, 6.45) is 4.71. The van der Waals surface area contributed by atoms with Crippen molar-refractivity contribution in [2.75, 3.05) is 5.32 Å². The van der Waals surface area contributed by atoms with E-state index in [9.17, 15) is 9.90 Å². The molecule has 0 aliphatic rings. The summed E-state index contributed by atoms with van der Waals surface area (Å²) in [5.74, 6) is 0.386. The zero-order chi connectivity index (χ0) is 15.8. The molecule has 5 heteroatoms. The van der Waals surface area contributed by atoms with Gasteiger partial charge in [0.2, 0.25) is 0 Å². The summed E-state index contributed by atoms with van der Waals surface area (Å²) < 4.78 is 0. The number of unbranched alkanes of at least 4 members (excludes halogenated alkanes) is 1. The van der Waals surface area contributed by atoms with Gasteiger partial charge in [0.1, 0.15) is 17.7 Å². The van der Waals surface area contributed by atoms with E-state index in [-0.39, 0.29) is 0 Å². The summed E-state index contributed by atoms with van der Waals surface area (Å²) in [5.41, 5.74) is 1.13. The van der Waals surface area contributed by atoms with Crippen LogP contribution < -0.4 is 5.32 Å². The fourth-order valence-electron chi connectivity index (χ4n) is 2.19. The van der Waals surface area contributed by atoms with Crippen molar-refractivity contribution in [2.24, 2.45) is 0 Å². The molecule has 0 aliphatic heterocycles. The number of hydrogen-bond acceptors (Lipinski definition) is 4. The predicted octanol–water partition coefficient (Wildman–Crippen LogP) is 3.12. The van der Waals surface area contributed by atoms with Gasteiger partial charge in [-0.3, -0.25) is 0 Å². The van der Waals surface area contributed by atoms with Gasteiger partial charge in [-0.05, 0) is 18.1 Å². The standard InChI is InChI=1S/C17H21N3O2/c1-2-3-9-14(17(21)22)19-15-10-11-18-16(20-15)12-13-7-5-4-6-8-13/h4-8,10-11,14H,2-3,9,12H2,1H3,(H,21,22)(H,18,19,20). The van der Waals surface area contributed by atoms with Crippen LogP contribution in [0.1, 0.15) is 37.6 Å². The van der Waals surface area contributed by atoms with E-state index in [1.807, 2.05) is 37.3 Å². The highest BCUT2D eigenvalue weighted by molar-refractivity contribution is 5.76. The molecule has 1 atom stereocenters. The van der Waals surface area contributed by atoms with Crippen molar-refractivity contribution >= 4 is 11.8 Å². The van der Waals surface area contributed by atoms with Gasteiger partial charge in [-0.25, -0.2) is 14.8 Å². The average molecular weight is 299 g/mol. The van der Waals surface area contributed by atoms with Gasteiger partial charge < -0.3 is 10.4 Å². The normalized spacial score (nSPS) is 11.9. The van der Waals surface area contributed by atoms with Crippen molar-refractivity contribution in [2.45, 2.75) is 38.6 Å². The Hall–Kier alpha value is -2.43. The Morgan fingerprint density at radius 2 is 2.05 bits per heavy atom. The van der Waals surface area contributed by atoms with Crippen LogP contribution in [0.4, 0.5) is 5.82 Å². The second kappa shape index (κ2) is 8.12. The number of carbonyl (C=O) groups is 1. The fourth-order valence-corrected chi connectivity index (χ4v) is 2.19. The SMILES string of the molecule is CCCCC(Nc1ccnc(Cc2ccccc2)n1)C(=O)O. The molecular formula is C17H21N3O2. The molecule has 1 aromatic carbocycles. The first-order valence-corrected chi connectivity index (χ1v) is 7.54. The molecule has 5 nitrogen and oxygen atoms in total. The quantitative estimate of drug-likeness (QED) is 0.783. The van der Waals surface area contributed by atoms with Gasteiger partial charge in [0.05, 0.1) is 0 Å². The smallest absolute Gasteiger partial charge is 0.326 e. The highest BCUT2D eigenvalue weighted by Crippen LogP contribution is 2.11. The minimum Gasteiger partial charge on any atom is -0.480 e. The van der Waals surface area contributed by atoms with Crippen molar-refractivity contribution in [3.63, 3.8) is 0 Å². The molecule has 0 saturated heterocycles. The van der Waals surface area contributed by atoms with Crippen molar-refractivity contribution in [1.82, 2.24) is 9.97 Å². The van der Waals surface area contributed by atoms with Crippen LogP contribution in [0, 0.1) is 0 Å². The summed E-state index contributed by atoms with van der Waals surface area (Å²) in [6.45, 7) is 2.04. The van der Waals surface area contributed by atoms with E-state index in [1.54, 1.807) is 12.3 Å². The van der Waals surface area contributed by atoms with Crippen molar-refractivity contribution < 1.29 is 9.90 Å². The summed E-state index contributed by atoms with van der Waals surface area (Å²) in [4.78, 5) is 19.9. The Labute approximate surface area is 130 Å². The number of carboxylic acid groups (broad SMARTS) is 1. The molecule has 0 saturated carbocycles.